The molecular weight excluding hydrogens is 379 g/mol. The molecule has 2 aromatic carbocycles. The third-order valence-electron chi connectivity index (χ3n) is 5.29. The summed E-state index contributed by atoms with van der Waals surface area (Å²) in [6.07, 6.45) is 4.29. The van der Waals surface area contributed by atoms with Crippen LogP contribution in [0.3, 0.4) is 0 Å². The molecule has 1 aliphatic carbocycles. The maximum atomic E-state index is 13.0. The number of nitrogens with one attached hydrogen (secondary N) is 2. The van der Waals surface area contributed by atoms with E-state index in [1.54, 1.807) is 13.0 Å². The molecule has 5 nitrogen and oxygen atoms in total. The first-order chi connectivity index (χ1) is 13.3. The van der Waals surface area contributed by atoms with E-state index in [-0.39, 0.29) is 22.5 Å². The zero-order valence-electron chi connectivity index (χ0n) is 16.0. The van der Waals surface area contributed by atoms with Gasteiger partial charge in [-0.1, -0.05) is 25.8 Å². The highest BCUT2D eigenvalue weighted by Crippen LogP contribution is 2.25. The molecule has 150 valence electrons. The minimum atomic E-state index is -3.90. The fourth-order valence-electron chi connectivity index (χ4n) is 3.52. The molecule has 2 atom stereocenters. The molecule has 2 aromatic rings. The van der Waals surface area contributed by atoms with E-state index in [0.717, 1.165) is 19.3 Å². The number of carbonyl (C=O) groups is 1. The normalized spacial score (nSPS) is 19.8. The molecule has 3 rings (SSSR count). The van der Waals surface area contributed by atoms with Gasteiger partial charge in [-0.15, -0.1) is 0 Å². The number of rotatable bonds is 5. The summed E-state index contributed by atoms with van der Waals surface area (Å²) in [6, 6.07) is 9.63. The van der Waals surface area contributed by atoms with E-state index in [1.165, 1.54) is 42.8 Å². The van der Waals surface area contributed by atoms with Crippen LogP contribution in [0.1, 0.15) is 48.5 Å². The maximum Gasteiger partial charge on any atom is 0.261 e. The van der Waals surface area contributed by atoms with Gasteiger partial charge in [-0.25, -0.2) is 12.8 Å². The van der Waals surface area contributed by atoms with Gasteiger partial charge in [0.25, 0.3) is 15.9 Å². The Morgan fingerprint density at radius 2 is 1.75 bits per heavy atom. The Balaban J connectivity index is 1.81. The van der Waals surface area contributed by atoms with E-state index >= 15 is 0 Å². The molecule has 0 bridgehead atoms. The lowest BCUT2D eigenvalue weighted by Crippen LogP contribution is -2.41. The lowest BCUT2D eigenvalue weighted by Gasteiger charge is -2.29. The van der Waals surface area contributed by atoms with Crippen LogP contribution >= 0.6 is 0 Å². The van der Waals surface area contributed by atoms with E-state index in [1.807, 2.05) is 0 Å². The van der Waals surface area contributed by atoms with Crippen molar-refractivity contribution in [2.75, 3.05) is 4.72 Å². The number of amides is 1. The zero-order chi connectivity index (χ0) is 20.3. The molecule has 0 spiro atoms. The zero-order valence-corrected chi connectivity index (χ0v) is 16.9. The molecule has 2 unspecified atom stereocenters. The SMILES string of the molecule is Cc1ccc(S(=O)(=O)Nc2ccc(F)cc2)cc1C(=O)NC1CCCCC1C. The van der Waals surface area contributed by atoms with E-state index in [2.05, 4.69) is 17.0 Å². The highest BCUT2D eigenvalue weighted by Gasteiger charge is 2.25. The third-order valence-corrected chi connectivity index (χ3v) is 6.67. The molecule has 1 saturated carbocycles. The molecule has 28 heavy (non-hydrogen) atoms. The fourth-order valence-corrected chi connectivity index (χ4v) is 4.61. The number of anilines is 1. The Morgan fingerprint density at radius 3 is 2.43 bits per heavy atom. The first-order valence-electron chi connectivity index (χ1n) is 9.46. The maximum absolute atomic E-state index is 13.0. The minimum Gasteiger partial charge on any atom is -0.349 e. The molecule has 1 aliphatic rings. The van der Waals surface area contributed by atoms with Crippen molar-refractivity contribution in [1.82, 2.24) is 5.32 Å². The molecule has 7 heteroatoms. The number of benzene rings is 2. The van der Waals surface area contributed by atoms with Crippen molar-refractivity contribution in [3.63, 3.8) is 0 Å². The van der Waals surface area contributed by atoms with Crippen LogP contribution in [0.5, 0.6) is 0 Å². The second-order valence-corrected chi connectivity index (χ2v) is 9.11. The Bertz CT molecular complexity index is 958. The summed E-state index contributed by atoms with van der Waals surface area (Å²) >= 11 is 0. The van der Waals surface area contributed by atoms with E-state index in [0.29, 0.717) is 17.0 Å². The first kappa shape index (κ1) is 20.3. The van der Waals surface area contributed by atoms with Gasteiger partial charge in [0.1, 0.15) is 5.82 Å². The van der Waals surface area contributed by atoms with Gasteiger partial charge in [0.15, 0.2) is 0 Å². The molecule has 0 saturated heterocycles. The molecule has 1 fully saturated rings. The molecule has 0 aromatic heterocycles. The molecule has 0 aliphatic heterocycles. The average Bonchev–Trinajstić information content (AvgIpc) is 2.65. The second-order valence-electron chi connectivity index (χ2n) is 7.43. The Labute approximate surface area is 165 Å². The third kappa shape index (κ3) is 4.70. The highest BCUT2D eigenvalue weighted by atomic mass is 32.2. The van der Waals surface area contributed by atoms with Crippen molar-refractivity contribution in [2.24, 2.45) is 5.92 Å². The van der Waals surface area contributed by atoms with Gasteiger partial charge in [0.2, 0.25) is 0 Å². The van der Waals surface area contributed by atoms with Crippen molar-refractivity contribution in [3.05, 3.63) is 59.4 Å². The predicted molar refractivity (Wildman–Crippen MR) is 107 cm³/mol. The van der Waals surface area contributed by atoms with Crippen LogP contribution in [0.25, 0.3) is 0 Å². The highest BCUT2D eigenvalue weighted by molar-refractivity contribution is 7.92. The van der Waals surface area contributed by atoms with Crippen LogP contribution in [-0.2, 0) is 10.0 Å². The van der Waals surface area contributed by atoms with Crippen LogP contribution in [0.4, 0.5) is 10.1 Å². The number of sulfonamides is 1. The number of carbonyl (C=O) groups excluding carboxylic acids is 1. The molecule has 2 N–H and O–H groups in total. The summed E-state index contributed by atoms with van der Waals surface area (Å²) in [5, 5.41) is 3.06. The van der Waals surface area contributed by atoms with Crippen LogP contribution in [0.15, 0.2) is 47.4 Å². The summed E-state index contributed by atoms with van der Waals surface area (Å²) in [7, 11) is -3.90. The first-order valence-corrected chi connectivity index (χ1v) is 10.9. The lowest BCUT2D eigenvalue weighted by atomic mass is 9.86. The number of hydrogen-bond donors (Lipinski definition) is 2. The standard InChI is InChI=1S/C21H25FN2O3S/c1-14-7-12-18(28(26,27)24-17-10-8-16(22)9-11-17)13-19(14)21(25)23-20-6-4-3-5-15(20)2/h7-13,15,20,24H,3-6H2,1-2H3,(H,23,25). The van der Waals surface area contributed by atoms with Gasteiger partial charge in [0.05, 0.1) is 4.90 Å². The van der Waals surface area contributed by atoms with Gasteiger partial charge in [-0.3, -0.25) is 9.52 Å². The van der Waals surface area contributed by atoms with Gasteiger partial charge >= 0.3 is 0 Å². The number of hydrogen-bond acceptors (Lipinski definition) is 3. The lowest BCUT2D eigenvalue weighted by molar-refractivity contribution is 0.0909. The van der Waals surface area contributed by atoms with Crippen molar-refractivity contribution in [3.8, 4) is 0 Å². The van der Waals surface area contributed by atoms with E-state index in [4.69, 9.17) is 0 Å². The average molecular weight is 405 g/mol. The van der Waals surface area contributed by atoms with E-state index in [9.17, 15) is 17.6 Å². The fraction of sp³-hybridized carbons (Fsp3) is 0.381. The van der Waals surface area contributed by atoms with Crippen LogP contribution in [-0.4, -0.2) is 20.4 Å². The van der Waals surface area contributed by atoms with Crippen LogP contribution < -0.4 is 10.0 Å². The molecule has 1 amide bonds. The van der Waals surface area contributed by atoms with Crippen molar-refractivity contribution < 1.29 is 17.6 Å². The van der Waals surface area contributed by atoms with Crippen molar-refractivity contribution in [1.29, 1.82) is 0 Å². The second kappa shape index (κ2) is 8.31. The number of halogens is 1. The van der Waals surface area contributed by atoms with Crippen molar-refractivity contribution in [2.45, 2.75) is 50.5 Å². The van der Waals surface area contributed by atoms with Crippen molar-refractivity contribution >= 4 is 21.6 Å². The van der Waals surface area contributed by atoms with Crippen LogP contribution in [0, 0.1) is 18.7 Å². The topological polar surface area (TPSA) is 75.3 Å². The van der Waals surface area contributed by atoms with Gasteiger partial charge < -0.3 is 5.32 Å². The molecular formula is C21H25FN2O3S. The van der Waals surface area contributed by atoms with Crippen LogP contribution in [0.2, 0.25) is 0 Å². The summed E-state index contributed by atoms with van der Waals surface area (Å²) in [5.74, 6) is -0.297. The quantitative estimate of drug-likeness (QED) is 0.783. The Hall–Kier alpha value is -2.41. The smallest absolute Gasteiger partial charge is 0.261 e. The predicted octanol–water partition coefficient (Wildman–Crippen LogP) is 4.24. The number of aryl methyl sites for hydroxylation is 1. The van der Waals surface area contributed by atoms with Gasteiger partial charge in [-0.05, 0) is 67.6 Å². The van der Waals surface area contributed by atoms with E-state index < -0.39 is 15.8 Å². The molecule has 0 radical (unpaired) electrons. The summed E-state index contributed by atoms with van der Waals surface area (Å²) in [4.78, 5) is 12.8. The summed E-state index contributed by atoms with van der Waals surface area (Å²) in [5.41, 5.74) is 1.31. The summed E-state index contributed by atoms with van der Waals surface area (Å²) in [6.45, 7) is 3.91. The minimum absolute atomic E-state index is 0.00994. The largest absolute Gasteiger partial charge is 0.349 e. The monoisotopic (exact) mass is 404 g/mol. The van der Waals surface area contributed by atoms with Gasteiger partial charge in [-0.2, -0.15) is 0 Å². The summed E-state index contributed by atoms with van der Waals surface area (Å²) < 4.78 is 40.8. The molecule has 0 heterocycles. The van der Waals surface area contributed by atoms with Gasteiger partial charge in [0, 0.05) is 17.3 Å². The Morgan fingerprint density at radius 1 is 1.07 bits per heavy atom. The Kier molecular flexibility index (Phi) is 6.03.